The van der Waals surface area contributed by atoms with E-state index in [2.05, 4.69) is 0 Å². The van der Waals surface area contributed by atoms with E-state index in [1.165, 1.54) is 22.5 Å². The van der Waals surface area contributed by atoms with Crippen LogP contribution in [0.3, 0.4) is 0 Å². The lowest BCUT2D eigenvalue weighted by molar-refractivity contribution is 0.281. The van der Waals surface area contributed by atoms with E-state index in [0.29, 0.717) is 17.1 Å². The third-order valence-electron chi connectivity index (χ3n) is 2.52. The second-order valence-electron chi connectivity index (χ2n) is 4.59. The number of aliphatic hydroxyl groups is 1. The maximum absolute atomic E-state index is 12.2. The van der Waals surface area contributed by atoms with Gasteiger partial charge in [0.1, 0.15) is 0 Å². The minimum Gasteiger partial charge on any atom is -0.392 e. The highest BCUT2D eigenvalue weighted by Crippen LogP contribution is 2.22. The van der Waals surface area contributed by atoms with Crippen LogP contribution in [-0.2, 0) is 16.6 Å². The number of rotatable bonds is 5. The maximum Gasteiger partial charge on any atom is 0.242 e. The van der Waals surface area contributed by atoms with Gasteiger partial charge in [-0.3, -0.25) is 0 Å². The molecule has 1 rings (SSSR count). The topological polar surface area (TPSA) is 57.6 Å². The van der Waals surface area contributed by atoms with Crippen LogP contribution in [0.1, 0.15) is 19.4 Å². The summed E-state index contributed by atoms with van der Waals surface area (Å²) >= 11 is 5.84. The fraction of sp³-hybridized carbons (Fsp3) is 0.500. The van der Waals surface area contributed by atoms with Gasteiger partial charge in [-0.05, 0) is 29.7 Å². The molecular weight excluding hydrogens is 274 g/mol. The van der Waals surface area contributed by atoms with Crippen LogP contribution in [0.15, 0.2) is 23.1 Å². The Labute approximate surface area is 113 Å². The Morgan fingerprint density at radius 3 is 2.50 bits per heavy atom. The second-order valence-corrected chi connectivity index (χ2v) is 7.04. The summed E-state index contributed by atoms with van der Waals surface area (Å²) < 4.78 is 25.8. The first-order valence-electron chi connectivity index (χ1n) is 5.64. The van der Waals surface area contributed by atoms with Crippen LogP contribution in [-0.4, -0.2) is 31.4 Å². The van der Waals surface area contributed by atoms with E-state index in [4.69, 9.17) is 16.7 Å². The summed E-state index contributed by atoms with van der Waals surface area (Å²) in [6.45, 7) is 4.07. The Balaban J connectivity index is 3.12. The second kappa shape index (κ2) is 6.02. The zero-order chi connectivity index (χ0) is 13.9. The zero-order valence-electron chi connectivity index (χ0n) is 10.7. The molecule has 0 aliphatic heterocycles. The largest absolute Gasteiger partial charge is 0.392 e. The van der Waals surface area contributed by atoms with Gasteiger partial charge in [0.05, 0.1) is 11.5 Å². The van der Waals surface area contributed by atoms with Crippen LogP contribution >= 0.6 is 11.6 Å². The SMILES string of the molecule is CC(C)CN(C)S(=O)(=O)c1ccc(Cl)c(CO)c1. The van der Waals surface area contributed by atoms with Crippen molar-refractivity contribution in [3.8, 4) is 0 Å². The van der Waals surface area contributed by atoms with E-state index >= 15 is 0 Å². The normalized spacial score (nSPS) is 12.4. The lowest BCUT2D eigenvalue weighted by Gasteiger charge is -2.19. The summed E-state index contributed by atoms with van der Waals surface area (Å²) in [5.41, 5.74) is 0.413. The van der Waals surface area contributed by atoms with Crippen LogP contribution in [0.2, 0.25) is 5.02 Å². The van der Waals surface area contributed by atoms with Crippen LogP contribution in [0, 0.1) is 5.92 Å². The molecule has 0 aromatic heterocycles. The van der Waals surface area contributed by atoms with Gasteiger partial charge in [-0.1, -0.05) is 25.4 Å². The van der Waals surface area contributed by atoms with Crippen LogP contribution in [0.4, 0.5) is 0 Å². The van der Waals surface area contributed by atoms with Crippen LogP contribution < -0.4 is 0 Å². The Morgan fingerprint density at radius 1 is 1.39 bits per heavy atom. The minimum atomic E-state index is -3.52. The number of hydrogen-bond donors (Lipinski definition) is 1. The van der Waals surface area contributed by atoms with Crippen molar-refractivity contribution in [3.05, 3.63) is 28.8 Å². The van der Waals surface area contributed by atoms with E-state index < -0.39 is 10.0 Å². The first kappa shape index (κ1) is 15.4. The number of halogens is 1. The van der Waals surface area contributed by atoms with Gasteiger partial charge < -0.3 is 5.11 Å². The van der Waals surface area contributed by atoms with E-state index in [9.17, 15) is 8.42 Å². The number of sulfonamides is 1. The summed E-state index contributed by atoms with van der Waals surface area (Å²) in [5.74, 6) is 0.245. The molecule has 0 bridgehead atoms. The van der Waals surface area contributed by atoms with Crippen molar-refractivity contribution in [2.45, 2.75) is 25.3 Å². The monoisotopic (exact) mass is 291 g/mol. The molecule has 0 unspecified atom stereocenters. The van der Waals surface area contributed by atoms with Gasteiger partial charge >= 0.3 is 0 Å². The predicted molar refractivity (Wildman–Crippen MR) is 72.0 cm³/mol. The fourth-order valence-corrected chi connectivity index (χ4v) is 3.19. The molecule has 0 saturated carbocycles. The Morgan fingerprint density at radius 2 is 2.00 bits per heavy atom. The van der Waals surface area contributed by atoms with Gasteiger partial charge in [0, 0.05) is 18.6 Å². The summed E-state index contributed by atoms with van der Waals surface area (Å²) in [6.07, 6.45) is 0. The molecule has 18 heavy (non-hydrogen) atoms. The molecule has 0 amide bonds. The third kappa shape index (κ3) is 3.45. The molecule has 0 radical (unpaired) electrons. The summed E-state index contributed by atoms with van der Waals surface area (Å²) in [6, 6.07) is 4.35. The first-order valence-corrected chi connectivity index (χ1v) is 7.46. The quantitative estimate of drug-likeness (QED) is 0.904. The fourth-order valence-electron chi connectivity index (χ4n) is 1.63. The molecule has 1 aromatic carbocycles. The van der Waals surface area contributed by atoms with Crippen molar-refractivity contribution in [3.63, 3.8) is 0 Å². The number of aliphatic hydroxyl groups excluding tert-OH is 1. The molecule has 1 N–H and O–H groups in total. The molecular formula is C12H18ClNO3S. The third-order valence-corrected chi connectivity index (χ3v) is 4.71. The Kier molecular flexibility index (Phi) is 5.16. The number of benzene rings is 1. The maximum atomic E-state index is 12.2. The first-order chi connectivity index (χ1) is 8.28. The van der Waals surface area contributed by atoms with Crippen molar-refractivity contribution in [2.75, 3.05) is 13.6 Å². The lowest BCUT2D eigenvalue weighted by Crippen LogP contribution is -2.30. The van der Waals surface area contributed by atoms with Gasteiger partial charge in [0.2, 0.25) is 10.0 Å². The predicted octanol–water partition coefficient (Wildman–Crippen LogP) is 2.11. The highest BCUT2D eigenvalue weighted by molar-refractivity contribution is 7.89. The smallest absolute Gasteiger partial charge is 0.242 e. The van der Waals surface area contributed by atoms with E-state index in [1.807, 2.05) is 13.8 Å². The Bertz CT molecular complexity index is 514. The van der Waals surface area contributed by atoms with Crippen molar-refractivity contribution in [1.82, 2.24) is 4.31 Å². The molecule has 0 saturated heterocycles. The van der Waals surface area contributed by atoms with Gasteiger partial charge in [-0.25, -0.2) is 12.7 Å². The molecule has 0 aliphatic carbocycles. The molecule has 6 heteroatoms. The molecule has 4 nitrogen and oxygen atoms in total. The highest BCUT2D eigenvalue weighted by atomic mass is 35.5. The molecule has 0 aliphatic rings. The van der Waals surface area contributed by atoms with Crippen molar-refractivity contribution in [1.29, 1.82) is 0 Å². The summed E-state index contributed by atoms with van der Waals surface area (Å²) in [4.78, 5) is 0.152. The molecule has 0 fully saturated rings. The molecule has 0 atom stereocenters. The van der Waals surface area contributed by atoms with Crippen molar-refractivity contribution >= 4 is 21.6 Å². The van der Waals surface area contributed by atoms with E-state index in [0.717, 1.165) is 0 Å². The number of nitrogens with zero attached hydrogens (tertiary/aromatic N) is 1. The molecule has 102 valence electrons. The summed E-state index contributed by atoms with van der Waals surface area (Å²) in [5, 5.41) is 9.46. The van der Waals surface area contributed by atoms with E-state index in [1.54, 1.807) is 7.05 Å². The van der Waals surface area contributed by atoms with Crippen molar-refractivity contribution < 1.29 is 13.5 Å². The van der Waals surface area contributed by atoms with Gasteiger partial charge in [-0.2, -0.15) is 0 Å². The Hall–Kier alpha value is -0.620. The zero-order valence-corrected chi connectivity index (χ0v) is 12.3. The summed E-state index contributed by atoms with van der Waals surface area (Å²) in [7, 11) is -1.98. The van der Waals surface area contributed by atoms with Gasteiger partial charge in [0.15, 0.2) is 0 Å². The number of hydrogen-bond acceptors (Lipinski definition) is 3. The van der Waals surface area contributed by atoms with Crippen LogP contribution in [0.25, 0.3) is 0 Å². The lowest BCUT2D eigenvalue weighted by atomic mass is 10.2. The average Bonchev–Trinajstić information content (AvgIpc) is 2.28. The molecule has 0 spiro atoms. The van der Waals surface area contributed by atoms with E-state index in [-0.39, 0.29) is 17.4 Å². The highest BCUT2D eigenvalue weighted by Gasteiger charge is 2.22. The average molecular weight is 292 g/mol. The van der Waals surface area contributed by atoms with Gasteiger partial charge in [0.25, 0.3) is 0 Å². The van der Waals surface area contributed by atoms with Crippen molar-refractivity contribution in [2.24, 2.45) is 5.92 Å². The van der Waals surface area contributed by atoms with Crippen LogP contribution in [0.5, 0.6) is 0 Å². The van der Waals surface area contributed by atoms with Gasteiger partial charge in [-0.15, -0.1) is 0 Å². The molecule has 1 aromatic rings. The molecule has 0 heterocycles. The standard InChI is InChI=1S/C12H18ClNO3S/c1-9(2)7-14(3)18(16,17)11-4-5-12(13)10(6-11)8-15/h4-6,9,15H,7-8H2,1-3H3. The minimum absolute atomic E-state index is 0.152.